The maximum absolute atomic E-state index is 10.2. The number of benzene rings is 1. The van der Waals surface area contributed by atoms with Crippen molar-refractivity contribution in [1.29, 1.82) is 0 Å². The number of hydrogen-bond donors (Lipinski definition) is 0. The second-order valence-electron chi connectivity index (χ2n) is 2.27. The van der Waals surface area contributed by atoms with Gasteiger partial charge in [-0.1, -0.05) is 42.2 Å². The van der Waals surface area contributed by atoms with Crippen LogP contribution >= 0.6 is 7.60 Å². The van der Waals surface area contributed by atoms with E-state index in [0.717, 1.165) is 0 Å². The van der Waals surface area contributed by atoms with Crippen LogP contribution in [-0.2, 0) is 4.57 Å². The minimum Gasteiger partial charge on any atom is -0.808 e. The van der Waals surface area contributed by atoms with E-state index in [-0.39, 0.29) is 0 Å². The first kappa shape index (κ1) is 9.20. The molecule has 0 aliphatic rings. The molecule has 12 heavy (non-hydrogen) atoms. The molecule has 0 N–H and O–H groups in total. The lowest BCUT2D eigenvalue weighted by atomic mass is 10.2. The van der Waals surface area contributed by atoms with Gasteiger partial charge in [0.1, 0.15) is 0 Å². The lowest BCUT2D eigenvalue weighted by Gasteiger charge is -2.24. The third-order valence-electron chi connectivity index (χ3n) is 1.25. The van der Waals surface area contributed by atoms with E-state index < -0.39 is 7.60 Å². The average molecular weight is 182 g/mol. The van der Waals surface area contributed by atoms with Crippen LogP contribution in [0.1, 0.15) is 5.56 Å². The van der Waals surface area contributed by atoms with Crippen LogP contribution in [0.4, 0.5) is 0 Å². The van der Waals surface area contributed by atoms with Gasteiger partial charge in [0.2, 0.25) is 0 Å². The fourth-order valence-corrected chi connectivity index (χ4v) is 1.10. The van der Waals surface area contributed by atoms with Crippen LogP contribution in [-0.4, -0.2) is 0 Å². The Kier molecular flexibility index (Phi) is 2.82. The molecule has 4 heteroatoms. The van der Waals surface area contributed by atoms with Gasteiger partial charge in [-0.25, -0.2) is 0 Å². The second-order valence-corrected chi connectivity index (χ2v) is 3.64. The maximum atomic E-state index is 10.2. The molecule has 0 radical (unpaired) electrons. The summed E-state index contributed by atoms with van der Waals surface area (Å²) in [4.78, 5) is 20.4. The molecule has 0 fully saturated rings. The molecular weight excluding hydrogens is 175 g/mol. The standard InChI is InChI=1S/C8H9O3P/c9-12(10,11)7-6-8-4-2-1-3-5-8/h1-7H,(H2,9,10,11)/p-2/b7-6+. The van der Waals surface area contributed by atoms with Gasteiger partial charge in [0, 0.05) is 0 Å². The van der Waals surface area contributed by atoms with E-state index in [1.54, 1.807) is 24.3 Å². The summed E-state index contributed by atoms with van der Waals surface area (Å²) in [5.41, 5.74) is 0.699. The molecule has 1 aromatic carbocycles. The van der Waals surface area contributed by atoms with E-state index in [2.05, 4.69) is 0 Å². The molecule has 0 aliphatic heterocycles. The molecule has 0 saturated carbocycles. The van der Waals surface area contributed by atoms with E-state index in [9.17, 15) is 14.4 Å². The largest absolute Gasteiger partial charge is 0.808 e. The van der Waals surface area contributed by atoms with Crippen molar-refractivity contribution < 1.29 is 14.4 Å². The van der Waals surface area contributed by atoms with Crippen molar-refractivity contribution in [2.75, 3.05) is 0 Å². The predicted molar refractivity (Wildman–Crippen MR) is 43.1 cm³/mol. The summed E-state index contributed by atoms with van der Waals surface area (Å²) >= 11 is 0. The first-order chi connectivity index (χ1) is 5.58. The van der Waals surface area contributed by atoms with Crippen LogP contribution in [0, 0.1) is 0 Å². The fraction of sp³-hybridized carbons (Fsp3) is 0. The van der Waals surface area contributed by atoms with E-state index in [4.69, 9.17) is 0 Å². The van der Waals surface area contributed by atoms with Gasteiger partial charge in [0.15, 0.2) is 0 Å². The predicted octanol–water partition coefficient (Wildman–Crippen LogP) is 0.571. The van der Waals surface area contributed by atoms with Crippen molar-refractivity contribution in [2.24, 2.45) is 0 Å². The zero-order chi connectivity index (χ0) is 9.03. The van der Waals surface area contributed by atoms with Gasteiger partial charge < -0.3 is 14.4 Å². The highest BCUT2D eigenvalue weighted by atomic mass is 31.2. The van der Waals surface area contributed by atoms with Crippen LogP contribution in [0.3, 0.4) is 0 Å². The summed E-state index contributed by atoms with van der Waals surface area (Å²) in [6, 6.07) is 8.77. The summed E-state index contributed by atoms with van der Waals surface area (Å²) in [7, 11) is -4.51. The zero-order valence-electron chi connectivity index (χ0n) is 6.21. The Morgan fingerprint density at radius 1 is 1.17 bits per heavy atom. The molecule has 0 unspecified atom stereocenters. The van der Waals surface area contributed by atoms with Crippen LogP contribution in [0.2, 0.25) is 0 Å². The number of hydrogen-bond acceptors (Lipinski definition) is 3. The Balaban J connectivity index is 2.78. The summed E-state index contributed by atoms with van der Waals surface area (Å²) in [5, 5.41) is 0. The van der Waals surface area contributed by atoms with Crippen molar-refractivity contribution in [3.05, 3.63) is 41.7 Å². The van der Waals surface area contributed by atoms with Gasteiger partial charge in [0.05, 0.1) is 0 Å². The summed E-state index contributed by atoms with van der Waals surface area (Å²) in [6.07, 6.45) is 1.28. The molecular formula is C8H7O3P-2. The van der Waals surface area contributed by atoms with Crippen molar-refractivity contribution in [3.63, 3.8) is 0 Å². The molecule has 1 rings (SSSR count). The van der Waals surface area contributed by atoms with Gasteiger partial charge in [-0.15, -0.1) is 0 Å². The van der Waals surface area contributed by atoms with Crippen LogP contribution in [0.15, 0.2) is 36.1 Å². The van der Waals surface area contributed by atoms with Crippen molar-refractivity contribution in [1.82, 2.24) is 0 Å². The third-order valence-corrected chi connectivity index (χ3v) is 1.76. The third kappa shape index (κ3) is 3.49. The van der Waals surface area contributed by atoms with Crippen molar-refractivity contribution >= 4 is 13.7 Å². The van der Waals surface area contributed by atoms with Crippen molar-refractivity contribution in [3.8, 4) is 0 Å². The molecule has 0 atom stereocenters. The Bertz CT molecular complexity index is 312. The summed E-state index contributed by atoms with van der Waals surface area (Å²) < 4.78 is 10.2. The minimum absolute atomic E-state index is 0.669. The van der Waals surface area contributed by atoms with Crippen LogP contribution in [0.5, 0.6) is 0 Å². The van der Waals surface area contributed by atoms with Gasteiger partial charge >= 0.3 is 0 Å². The lowest BCUT2D eigenvalue weighted by Crippen LogP contribution is -2.10. The Morgan fingerprint density at radius 3 is 2.25 bits per heavy atom. The Morgan fingerprint density at radius 2 is 1.75 bits per heavy atom. The Hall–Kier alpha value is -0.890. The lowest BCUT2D eigenvalue weighted by molar-refractivity contribution is -0.308. The SMILES string of the molecule is O=P([O-])([O-])/C=C/c1ccccc1. The second kappa shape index (κ2) is 3.68. The molecule has 1 aromatic rings. The first-order valence-electron chi connectivity index (χ1n) is 3.34. The molecule has 0 heterocycles. The molecule has 0 aliphatic carbocycles. The van der Waals surface area contributed by atoms with E-state index in [1.807, 2.05) is 6.07 Å². The monoisotopic (exact) mass is 182 g/mol. The molecule has 0 saturated heterocycles. The summed E-state index contributed by atoms with van der Waals surface area (Å²) in [5.74, 6) is 0.669. The highest BCUT2D eigenvalue weighted by Gasteiger charge is 1.83. The molecule has 3 nitrogen and oxygen atoms in total. The molecule has 0 bridgehead atoms. The average Bonchev–Trinajstić information content (AvgIpc) is 2.02. The zero-order valence-corrected chi connectivity index (χ0v) is 7.11. The minimum atomic E-state index is -4.51. The van der Waals surface area contributed by atoms with Gasteiger partial charge in [-0.3, -0.25) is 0 Å². The smallest absolute Gasteiger partial charge is 0.0256 e. The highest BCUT2D eigenvalue weighted by Crippen LogP contribution is 2.25. The van der Waals surface area contributed by atoms with Crippen LogP contribution < -0.4 is 9.79 Å². The van der Waals surface area contributed by atoms with Crippen LogP contribution in [0.25, 0.3) is 6.08 Å². The van der Waals surface area contributed by atoms with Crippen molar-refractivity contribution in [2.45, 2.75) is 0 Å². The van der Waals surface area contributed by atoms with Gasteiger partial charge in [-0.2, -0.15) is 0 Å². The van der Waals surface area contributed by atoms with Gasteiger partial charge in [-0.05, 0) is 13.2 Å². The number of rotatable bonds is 2. The Labute approximate surface area is 70.5 Å². The fourth-order valence-electron chi connectivity index (χ4n) is 0.742. The highest BCUT2D eigenvalue weighted by molar-refractivity contribution is 7.52. The quantitative estimate of drug-likeness (QED) is 0.628. The molecule has 64 valence electrons. The van der Waals surface area contributed by atoms with E-state index >= 15 is 0 Å². The normalized spacial score (nSPS) is 12.2. The van der Waals surface area contributed by atoms with E-state index in [1.165, 1.54) is 6.08 Å². The first-order valence-corrected chi connectivity index (χ1v) is 4.95. The molecule has 0 spiro atoms. The van der Waals surface area contributed by atoms with Gasteiger partial charge in [0.25, 0.3) is 0 Å². The summed E-state index contributed by atoms with van der Waals surface area (Å²) in [6.45, 7) is 0. The van der Waals surface area contributed by atoms with E-state index in [0.29, 0.717) is 11.4 Å². The topological polar surface area (TPSA) is 63.2 Å². The molecule has 0 amide bonds. The molecule has 0 aromatic heterocycles. The maximum Gasteiger partial charge on any atom is -0.0256 e.